The first-order chi connectivity index (χ1) is 15.8. The third kappa shape index (κ3) is 4.01. The van der Waals surface area contributed by atoms with E-state index in [1.54, 1.807) is 28.4 Å². The van der Waals surface area contributed by atoms with E-state index < -0.39 is 10.8 Å². The molecule has 0 saturated heterocycles. The normalized spacial score (nSPS) is 20.3. The summed E-state index contributed by atoms with van der Waals surface area (Å²) in [5, 5.41) is 21.3. The van der Waals surface area contributed by atoms with Crippen LogP contribution in [-0.4, -0.2) is 10.7 Å². The molecule has 2 N–H and O–H groups in total. The van der Waals surface area contributed by atoms with E-state index in [-0.39, 0.29) is 28.1 Å². The molecule has 1 aromatic heterocycles. The van der Waals surface area contributed by atoms with Crippen molar-refractivity contribution in [3.63, 3.8) is 0 Å². The summed E-state index contributed by atoms with van der Waals surface area (Å²) in [6, 6.07) is 12.4. The molecule has 0 spiro atoms. The van der Waals surface area contributed by atoms with Crippen molar-refractivity contribution < 1.29 is 9.72 Å². The molecule has 1 atom stereocenters. The molecule has 0 saturated carbocycles. The number of nitrogens with zero attached hydrogens (tertiary/aromatic N) is 3. The summed E-state index contributed by atoms with van der Waals surface area (Å²) in [5.74, 6) is -0.246. The van der Waals surface area contributed by atoms with Crippen LogP contribution in [0.15, 0.2) is 59.1 Å². The van der Waals surface area contributed by atoms with Gasteiger partial charge in [0.2, 0.25) is 0 Å². The molecule has 4 rings (SSSR count). The molecule has 2 aliphatic rings. The summed E-state index contributed by atoms with van der Waals surface area (Å²) in [7, 11) is 0. The van der Waals surface area contributed by atoms with Crippen LogP contribution in [0.25, 0.3) is 0 Å². The Morgan fingerprint density at radius 1 is 1.18 bits per heavy atom. The van der Waals surface area contributed by atoms with E-state index in [1.807, 2.05) is 19.9 Å². The van der Waals surface area contributed by atoms with Gasteiger partial charge < -0.3 is 5.73 Å². The van der Waals surface area contributed by atoms with Crippen LogP contribution in [0.5, 0.6) is 0 Å². The van der Waals surface area contributed by atoms with E-state index in [9.17, 15) is 20.2 Å². The average Bonchev–Trinajstić information content (AvgIpc) is 3.23. The van der Waals surface area contributed by atoms with Crippen LogP contribution in [0.4, 0.5) is 11.4 Å². The number of benzene rings is 1. The third-order valence-corrected chi connectivity index (χ3v) is 7.93. The maximum Gasteiger partial charge on any atom is 0.269 e. The highest BCUT2D eigenvalue weighted by molar-refractivity contribution is 7.12. The largest absolute Gasteiger partial charge is 0.384 e. The second-order valence-electron chi connectivity index (χ2n) is 10.7. The minimum atomic E-state index is -0.515. The van der Waals surface area contributed by atoms with Crippen LogP contribution < -0.4 is 10.6 Å². The molecule has 0 amide bonds. The summed E-state index contributed by atoms with van der Waals surface area (Å²) < 4.78 is 0. The number of Topliss-reactive ketones (excluding diaryl/α,β-unsaturated/α-hetero) is 1. The van der Waals surface area contributed by atoms with Crippen molar-refractivity contribution >= 4 is 28.5 Å². The predicted octanol–water partition coefficient (Wildman–Crippen LogP) is 5.89. The summed E-state index contributed by atoms with van der Waals surface area (Å²) in [4.78, 5) is 28.1. The number of allylic oxidation sites excluding steroid dienone is 3. The number of carbonyl (C=O) groups is 1. The van der Waals surface area contributed by atoms with E-state index >= 15 is 0 Å². The first-order valence-electron chi connectivity index (χ1n) is 11.1. The fraction of sp³-hybridized carbons (Fsp3) is 0.385. The quantitative estimate of drug-likeness (QED) is 0.436. The number of rotatable bonds is 3. The second kappa shape index (κ2) is 8.10. The van der Waals surface area contributed by atoms with Gasteiger partial charge in [-0.1, -0.05) is 34.6 Å². The van der Waals surface area contributed by atoms with Crippen molar-refractivity contribution in [3.05, 3.63) is 78.9 Å². The molecule has 0 unspecified atom stereocenters. The van der Waals surface area contributed by atoms with Crippen LogP contribution in [0.1, 0.15) is 63.1 Å². The first kappa shape index (κ1) is 23.7. The lowest BCUT2D eigenvalue weighted by Crippen LogP contribution is -2.42. The van der Waals surface area contributed by atoms with E-state index in [4.69, 9.17) is 5.73 Å². The summed E-state index contributed by atoms with van der Waals surface area (Å²) in [6.07, 6.45) is 0.977. The van der Waals surface area contributed by atoms with E-state index in [2.05, 4.69) is 32.9 Å². The smallest absolute Gasteiger partial charge is 0.269 e. The minimum Gasteiger partial charge on any atom is -0.384 e. The molecule has 1 aliphatic heterocycles. The Kier molecular flexibility index (Phi) is 5.65. The lowest BCUT2D eigenvalue weighted by molar-refractivity contribution is -0.384. The van der Waals surface area contributed by atoms with Crippen molar-refractivity contribution in [2.75, 3.05) is 4.90 Å². The fourth-order valence-corrected chi connectivity index (χ4v) is 5.91. The highest BCUT2D eigenvalue weighted by atomic mass is 32.1. The van der Waals surface area contributed by atoms with Gasteiger partial charge in [-0.3, -0.25) is 19.8 Å². The summed E-state index contributed by atoms with van der Waals surface area (Å²) in [5.41, 5.74) is 8.54. The number of hydrogen-bond donors (Lipinski definition) is 1. The van der Waals surface area contributed by atoms with E-state index in [1.165, 1.54) is 17.0 Å². The Bertz CT molecular complexity index is 1290. The fourth-order valence-electron chi connectivity index (χ4n) is 4.72. The van der Waals surface area contributed by atoms with Gasteiger partial charge in [-0.25, -0.2) is 0 Å². The lowest BCUT2D eigenvalue weighted by atomic mass is 9.69. The summed E-state index contributed by atoms with van der Waals surface area (Å²) in [6.45, 7) is 10.5. The molecule has 8 heteroatoms. The van der Waals surface area contributed by atoms with Gasteiger partial charge in [0.15, 0.2) is 5.78 Å². The highest BCUT2D eigenvalue weighted by Crippen LogP contribution is 2.51. The predicted molar refractivity (Wildman–Crippen MR) is 133 cm³/mol. The Labute approximate surface area is 203 Å². The molecule has 2 heterocycles. The molecular formula is C26H28N4O3S. The molecule has 2 aromatic rings. The topological polar surface area (TPSA) is 113 Å². The molecule has 0 fully saturated rings. The van der Waals surface area contributed by atoms with Crippen molar-refractivity contribution in [1.29, 1.82) is 5.26 Å². The van der Waals surface area contributed by atoms with Gasteiger partial charge in [0.05, 0.1) is 22.5 Å². The van der Waals surface area contributed by atoms with Gasteiger partial charge in [0.1, 0.15) is 5.82 Å². The summed E-state index contributed by atoms with van der Waals surface area (Å²) >= 11 is 1.61. The lowest BCUT2D eigenvalue weighted by Gasteiger charge is -2.43. The Morgan fingerprint density at radius 2 is 1.82 bits per heavy atom. The van der Waals surface area contributed by atoms with Crippen molar-refractivity contribution in [3.8, 4) is 6.07 Å². The number of ketones is 1. The molecule has 0 radical (unpaired) electrons. The average molecular weight is 477 g/mol. The van der Waals surface area contributed by atoms with Gasteiger partial charge >= 0.3 is 0 Å². The zero-order valence-electron chi connectivity index (χ0n) is 20.0. The monoisotopic (exact) mass is 476 g/mol. The first-order valence-corrected chi connectivity index (χ1v) is 12.0. The molecule has 34 heavy (non-hydrogen) atoms. The number of nitrogens with two attached hydrogens (primary N) is 1. The van der Waals surface area contributed by atoms with Crippen LogP contribution in [0, 0.1) is 26.9 Å². The number of non-ortho nitro benzene ring substituents is 1. The SMILES string of the molecule is CC1(C)CC(=O)C2=C(C1)N(c1ccc([N+](=O)[O-])cc1)C(N)=C(C#N)[C@@H]2c1ccc(C(C)(C)C)s1. The Morgan fingerprint density at radius 3 is 2.35 bits per heavy atom. The maximum atomic E-state index is 13.6. The van der Waals surface area contributed by atoms with Crippen LogP contribution in [-0.2, 0) is 10.2 Å². The number of nitriles is 1. The van der Waals surface area contributed by atoms with Crippen LogP contribution >= 0.6 is 11.3 Å². The minimum absolute atomic E-state index is 0.00844. The maximum absolute atomic E-state index is 13.6. The van der Waals surface area contributed by atoms with Gasteiger partial charge in [-0.2, -0.15) is 5.26 Å². The molecule has 7 nitrogen and oxygen atoms in total. The standard InChI is InChI=1S/C26H28N4O3S/c1-25(2,3)21-11-10-20(34-21)22-17(14-27)24(28)29(15-6-8-16(9-7-15)30(32)33)18-12-26(4,5)13-19(31)23(18)22/h6-11,22H,12-13,28H2,1-5H3/t22-/m1/s1. The molecule has 1 aliphatic carbocycles. The molecular weight excluding hydrogens is 448 g/mol. The Balaban J connectivity index is 1.94. The molecule has 0 bridgehead atoms. The molecule has 176 valence electrons. The van der Waals surface area contributed by atoms with Crippen molar-refractivity contribution in [2.45, 2.75) is 58.8 Å². The van der Waals surface area contributed by atoms with Crippen molar-refractivity contribution in [2.24, 2.45) is 11.1 Å². The number of hydrogen-bond acceptors (Lipinski definition) is 7. The van der Waals surface area contributed by atoms with Crippen LogP contribution in [0.2, 0.25) is 0 Å². The van der Waals surface area contributed by atoms with Gasteiger partial charge in [-0.05, 0) is 41.5 Å². The number of anilines is 1. The highest BCUT2D eigenvalue weighted by Gasteiger charge is 2.45. The Hall–Kier alpha value is -3.44. The number of nitro groups is 1. The number of thiophene rings is 1. The number of nitro benzene ring substituents is 1. The van der Waals surface area contributed by atoms with E-state index in [0.29, 0.717) is 29.7 Å². The van der Waals surface area contributed by atoms with Gasteiger partial charge in [0.25, 0.3) is 5.69 Å². The number of carbonyl (C=O) groups excluding carboxylic acids is 1. The zero-order chi connectivity index (χ0) is 25.0. The van der Waals surface area contributed by atoms with Gasteiger partial charge in [0, 0.05) is 45.3 Å². The zero-order valence-corrected chi connectivity index (χ0v) is 20.8. The molecule has 1 aromatic carbocycles. The second-order valence-corrected chi connectivity index (χ2v) is 11.8. The third-order valence-electron chi connectivity index (χ3n) is 6.35. The van der Waals surface area contributed by atoms with Crippen molar-refractivity contribution in [1.82, 2.24) is 0 Å². The van der Waals surface area contributed by atoms with Crippen LogP contribution in [0.3, 0.4) is 0 Å². The van der Waals surface area contributed by atoms with Gasteiger partial charge in [-0.15, -0.1) is 11.3 Å². The van der Waals surface area contributed by atoms with E-state index in [0.717, 1.165) is 10.6 Å².